The summed E-state index contributed by atoms with van der Waals surface area (Å²) in [7, 11) is -8.68. The van der Waals surface area contributed by atoms with Gasteiger partial charge in [-0.05, 0) is 76.8 Å². The Bertz CT molecular complexity index is 5480. The highest BCUT2D eigenvalue weighted by atomic mass is 28.3. The van der Waals surface area contributed by atoms with Gasteiger partial charge in [-0.2, -0.15) is 15.0 Å². The van der Waals surface area contributed by atoms with E-state index in [2.05, 4.69) is 6.07 Å². The number of benzene rings is 12. The van der Waals surface area contributed by atoms with Gasteiger partial charge < -0.3 is 0 Å². The quantitative estimate of drug-likeness (QED) is 0.0905. The zero-order chi connectivity index (χ0) is 71.0. The summed E-state index contributed by atoms with van der Waals surface area (Å²) in [5.74, 6) is -1.98. The van der Waals surface area contributed by atoms with Crippen LogP contribution in [0.5, 0.6) is 0 Å². The second-order valence-electron chi connectivity index (χ2n) is 19.6. The first-order valence-corrected chi connectivity index (χ1v) is 30.5. The van der Waals surface area contributed by atoms with Crippen LogP contribution in [0.15, 0.2) is 321 Å². The molecule has 3 heterocycles. The van der Waals surface area contributed by atoms with Gasteiger partial charge >= 0.3 is 0 Å². The Morgan fingerprint density at radius 2 is 0.573 bits per heavy atom. The van der Waals surface area contributed by atoms with Gasteiger partial charge in [-0.3, -0.25) is 9.13 Å². The van der Waals surface area contributed by atoms with Gasteiger partial charge in [-0.15, -0.1) is 0 Å². The Kier molecular flexibility index (Phi) is 8.13. The molecule has 0 aliphatic rings. The first-order valence-electron chi connectivity index (χ1n) is 36.0. The van der Waals surface area contributed by atoms with E-state index in [1.165, 1.54) is 0 Å². The van der Waals surface area contributed by atoms with E-state index >= 15 is 0 Å². The Hall–Kier alpha value is -10.3. The van der Waals surface area contributed by atoms with Crippen LogP contribution in [0.3, 0.4) is 0 Å². The number of hydrogen-bond acceptors (Lipinski definition) is 3. The SMILES string of the molecule is [2H]c1c(-c2nc(-n3c4c([2H])c([2H])c([2H])c([2H])c4c4c([2H])c([2H])c([2H])c([2H])c43)nc(-n3c4c([2H])c([2H])c([2H])c([2H])c4c4c([2H])c([2H])c([2H])c([2H])c43)n2)c([2H])c([Si](c2ccccc2)(c2ccccc2)c2cccc(-c3ccccc3)c2)c([2H])c1[Si](c1ccccc1)(c1ccccc1)c1ccccc1. The number of para-hydroxylation sites is 4. The van der Waals surface area contributed by atoms with Crippen molar-refractivity contribution in [2.45, 2.75) is 0 Å². The molecule has 0 aliphatic heterocycles. The van der Waals surface area contributed by atoms with E-state index in [9.17, 15) is 15.1 Å². The second-order valence-corrected chi connectivity index (χ2v) is 27.1. The van der Waals surface area contributed by atoms with Crippen molar-refractivity contribution in [1.82, 2.24) is 24.1 Å². The molecular formula is C75H53N5Si2. The Labute approximate surface area is 505 Å². The molecule has 82 heavy (non-hydrogen) atoms. The average Bonchev–Trinajstić information content (AvgIpc) is 1.14. The maximum atomic E-state index is 11.7. The Morgan fingerprint density at radius 1 is 0.268 bits per heavy atom. The molecule has 0 spiro atoms. The van der Waals surface area contributed by atoms with E-state index in [0.29, 0.717) is 31.1 Å². The largest absolute Gasteiger partial charge is 0.278 e. The van der Waals surface area contributed by atoms with E-state index < -0.39 is 165 Å². The summed E-state index contributed by atoms with van der Waals surface area (Å²) in [4.78, 5) is 15.5. The molecule has 0 bridgehead atoms. The maximum Gasteiger partial charge on any atom is 0.240 e. The first-order chi connectivity index (χ1) is 48.6. The lowest BCUT2D eigenvalue weighted by molar-refractivity contribution is 0.893. The fourth-order valence-corrected chi connectivity index (χ4v) is 21.0. The molecule has 0 N–H and O–H groups in total. The number of rotatable bonds is 12. The summed E-state index contributed by atoms with van der Waals surface area (Å²) in [6.45, 7) is 0. The van der Waals surface area contributed by atoms with Gasteiger partial charge in [0.25, 0.3) is 0 Å². The van der Waals surface area contributed by atoms with Crippen LogP contribution in [0, 0.1) is 0 Å². The second kappa shape index (κ2) is 20.4. The standard InChI is InChI=1S/C75H53N5Si2/c1-7-28-54(29-8-1)55-30-27-41-62(50-55)82(60-37-15-5-16-38-60,61-39-17-6-18-40-61)64-52-56(51-63(53-64)81(57-31-9-2-10-32-57,58-33-11-3-12-34-58)59-35-13-4-14-36-59)73-76-74(79-69-46-23-19-42-65(69)66-43-20-24-47-70(66)79)78-75(77-73)80-71-48-25-21-44-67(71)68-45-22-26-49-72(68)80/h1-53H/i19D,20D,21D,22D,23D,24D,25D,26D,42D,43D,44D,45D,46D,47D,48D,49D,51D,52D,53D. The summed E-state index contributed by atoms with van der Waals surface area (Å²) in [5.41, 5.74) is -0.551. The minimum Gasteiger partial charge on any atom is -0.278 e. The highest BCUT2D eigenvalue weighted by Gasteiger charge is 2.46. The van der Waals surface area contributed by atoms with E-state index in [0.717, 1.165) is 20.3 Å². The molecule has 0 atom stereocenters. The molecule has 7 heteroatoms. The van der Waals surface area contributed by atoms with Crippen molar-refractivity contribution >= 4 is 101 Å². The third-order valence-corrected chi connectivity index (χ3v) is 24.4. The van der Waals surface area contributed by atoms with E-state index in [4.69, 9.17) is 25.9 Å². The van der Waals surface area contributed by atoms with Crippen LogP contribution < -0.4 is 41.5 Å². The highest BCUT2D eigenvalue weighted by molar-refractivity contribution is 7.22. The van der Waals surface area contributed by atoms with Gasteiger partial charge in [0.05, 0.1) is 48.1 Å². The Balaban J connectivity index is 1.25. The van der Waals surface area contributed by atoms with E-state index in [-0.39, 0.29) is 43.5 Å². The number of hydrogen-bond donors (Lipinski definition) is 0. The topological polar surface area (TPSA) is 48.5 Å². The van der Waals surface area contributed by atoms with Crippen molar-refractivity contribution in [1.29, 1.82) is 0 Å². The van der Waals surface area contributed by atoms with Crippen LogP contribution in [-0.4, -0.2) is 40.2 Å². The molecular weight excluding hydrogens is 1030 g/mol. The van der Waals surface area contributed by atoms with Crippen LogP contribution in [0.4, 0.5) is 0 Å². The molecule has 3 aromatic heterocycles. The van der Waals surface area contributed by atoms with Crippen LogP contribution in [0.1, 0.15) is 26.0 Å². The molecule has 0 radical (unpaired) electrons. The zero-order valence-corrected chi connectivity index (χ0v) is 45.4. The molecule has 0 fully saturated rings. The van der Waals surface area contributed by atoms with Crippen molar-refractivity contribution in [3.63, 3.8) is 0 Å². The maximum absolute atomic E-state index is 11.7. The fraction of sp³-hybridized carbons (Fsp3) is 0. The summed E-state index contributed by atoms with van der Waals surface area (Å²) >= 11 is 0. The molecule has 15 aromatic rings. The number of fused-ring (bicyclic) bond motifs is 6. The molecule has 0 amide bonds. The number of aromatic nitrogens is 5. The van der Waals surface area contributed by atoms with Crippen molar-refractivity contribution in [2.75, 3.05) is 0 Å². The normalized spacial score (nSPS) is 15.1. The summed E-state index contributed by atoms with van der Waals surface area (Å²) in [6, 6.07) is 52.4. The van der Waals surface area contributed by atoms with Gasteiger partial charge in [-0.1, -0.05) is 297 Å². The first kappa shape index (κ1) is 32.7. The zero-order valence-electron chi connectivity index (χ0n) is 62.4. The van der Waals surface area contributed by atoms with E-state index in [1.54, 1.807) is 0 Å². The van der Waals surface area contributed by atoms with Crippen LogP contribution in [0.2, 0.25) is 0 Å². The molecule has 0 saturated carbocycles. The highest BCUT2D eigenvalue weighted by Crippen LogP contribution is 2.35. The molecule has 5 nitrogen and oxygen atoms in total. The smallest absolute Gasteiger partial charge is 0.240 e. The Morgan fingerprint density at radius 3 is 0.939 bits per heavy atom. The van der Waals surface area contributed by atoms with E-state index in [1.807, 2.05) is 200 Å². The van der Waals surface area contributed by atoms with Gasteiger partial charge in [0.2, 0.25) is 11.9 Å². The molecule has 15 rings (SSSR count). The van der Waals surface area contributed by atoms with Crippen LogP contribution in [0.25, 0.3) is 78.0 Å². The fourth-order valence-electron chi connectivity index (χ4n) is 11.7. The molecule has 0 aliphatic carbocycles. The third kappa shape index (κ3) is 7.92. The molecule has 386 valence electrons. The van der Waals surface area contributed by atoms with Crippen LogP contribution in [-0.2, 0) is 0 Å². The number of nitrogens with zero attached hydrogens (tertiary/aromatic N) is 5. The summed E-state index contributed by atoms with van der Waals surface area (Å²) in [6.07, 6.45) is 0. The predicted octanol–water partition coefficient (Wildman–Crippen LogP) is 12.2. The monoisotopic (exact) mass is 1100 g/mol. The van der Waals surface area contributed by atoms with Crippen molar-refractivity contribution in [3.8, 4) is 34.4 Å². The lowest BCUT2D eigenvalue weighted by atomic mass is 10.1. The van der Waals surface area contributed by atoms with Gasteiger partial charge in [-0.25, -0.2) is 0 Å². The lowest BCUT2D eigenvalue weighted by Crippen LogP contribution is -2.78. The van der Waals surface area contributed by atoms with Crippen molar-refractivity contribution in [2.24, 2.45) is 0 Å². The van der Waals surface area contributed by atoms with Gasteiger partial charge in [0.1, 0.15) is 0 Å². The average molecular weight is 1100 g/mol. The predicted molar refractivity (Wildman–Crippen MR) is 347 cm³/mol. The van der Waals surface area contributed by atoms with Gasteiger partial charge in [0.15, 0.2) is 22.0 Å². The summed E-state index contributed by atoms with van der Waals surface area (Å²) in [5, 5.41) is 3.04. The van der Waals surface area contributed by atoms with Crippen LogP contribution >= 0.6 is 0 Å². The minimum absolute atomic E-state index is 0.143. The lowest BCUT2D eigenvalue weighted by Gasteiger charge is -2.38. The molecule has 0 unspecified atom stereocenters. The summed E-state index contributed by atoms with van der Waals surface area (Å²) < 4.78 is 186. The molecule has 0 saturated heterocycles. The third-order valence-electron chi connectivity index (χ3n) is 15.2. The van der Waals surface area contributed by atoms with Gasteiger partial charge in [0, 0.05) is 27.1 Å². The van der Waals surface area contributed by atoms with Crippen molar-refractivity contribution in [3.05, 3.63) is 321 Å². The van der Waals surface area contributed by atoms with Crippen molar-refractivity contribution < 1.29 is 26.0 Å². The minimum atomic E-state index is -4.39. The molecule has 12 aromatic carbocycles.